The van der Waals surface area contributed by atoms with Gasteiger partial charge < -0.3 is 5.32 Å². The van der Waals surface area contributed by atoms with Crippen molar-refractivity contribution < 1.29 is 13.7 Å². The van der Waals surface area contributed by atoms with Gasteiger partial charge in [0.1, 0.15) is 5.82 Å². The van der Waals surface area contributed by atoms with Crippen molar-refractivity contribution in [3.63, 3.8) is 0 Å². The molecule has 0 saturated heterocycles. The van der Waals surface area contributed by atoms with Crippen LogP contribution in [-0.2, 0) is 6.54 Å². The Morgan fingerprint density at radius 1 is 1.30 bits per heavy atom. The van der Waals surface area contributed by atoms with Crippen LogP contribution in [0.5, 0.6) is 0 Å². The lowest BCUT2D eigenvalue weighted by molar-refractivity contribution is -0.387. The van der Waals surface area contributed by atoms with E-state index < -0.39 is 22.2 Å². The lowest BCUT2D eigenvalue weighted by Gasteiger charge is -2.29. The SMILES string of the molecule is CC(C)C(C)(C)CNCc1cc([N+](=O)[O-])c(F)cc1F. The maximum absolute atomic E-state index is 13.6. The Labute approximate surface area is 117 Å². The molecule has 0 aliphatic carbocycles. The smallest absolute Gasteiger partial charge is 0.305 e. The Bertz CT molecular complexity index is 502. The summed E-state index contributed by atoms with van der Waals surface area (Å²) in [5.74, 6) is -1.50. The van der Waals surface area contributed by atoms with Gasteiger partial charge in [0.05, 0.1) is 4.92 Å². The van der Waals surface area contributed by atoms with Gasteiger partial charge in [0, 0.05) is 30.8 Å². The molecular formula is C14H20F2N2O2. The second-order valence-electron chi connectivity index (χ2n) is 5.90. The molecule has 0 bridgehead atoms. The largest absolute Gasteiger partial charge is 0.312 e. The first kappa shape index (κ1) is 16.5. The first-order valence-corrected chi connectivity index (χ1v) is 6.48. The molecule has 1 aromatic carbocycles. The summed E-state index contributed by atoms with van der Waals surface area (Å²) in [5, 5.41) is 13.7. The lowest BCUT2D eigenvalue weighted by atomic mass is 9.81. The van der Waals surface area contributed by atoms with E-state index in [0.29, 0.717) is 18.5 Å². The van der Waals surface area contributed by atoms with Crippen LogP contribution in [0.1, 0.15) is 33.3 Å². The summed E-state index contributed by atoms with van der Waals surface area (Å²) in [6.45, 7) is 9.09. The third-order valence-corrected chi connectivity index (χ3v) is 3.77. The molecule has 20 heavy (non-hydrogen) atoms. The second kappa shape index (κ2) is 6.26. The molecule has 0 saturated carbocycles. The van der Waals surface area contributed by atoms with Gasteiger partial charge >= 0.3 is 5.69 Å². The number of nitro groups is 1. The van der Waals surface area contributed by atoms with Gasteiger partial charge in [0.2, 0.25) is 5.82 Å². The molecule has 1 aromatic rings. The molecule has 0 amide bonds. The molecule has 0 aliphatic heterocycles. The van der Waals surface area contributed by atoms with Crippen LogP contribution in [0, 0.1) is 33.1 Å². The van der Waals surface area contributed by atoms with Crippen molar-refractivity contribution in [3.05, 3.63) is 39.4 Å². The van der Waals surface area contributed by atoms with Crippen LogP contribution < -0.4 is 5.32 Å². The van der Waals surface area contributed by atoms with Gasteiger partial charge in [-0.2, -0.15) is 4.39 Å². The van der Waals surface area contributed by atoms with Crippen molar-refractivity contribution in [2.45, 2.75) is 34.2 Å². The predicted molar refractivity (Wildman–Crippen MR) is 73.3 cm³/mol. The van der Waals surface area contributed by atoms with E-state index in [1.807, 2.05) is 0 Å². The second-order valence-corrected chi connectivity index (χ2v) is 5.90. The van der Waals surface area contributed by atoms with Gasteiger partial charge in [0.15, 0.2) is 0 Å². The van der Waals surface area contributed by atoms with Gasteiger partial charge in [-0.05, 0) is 11.3 Å². The summed E-state index contributed by atoms with van der Waals surface area (Å²) in [6.07, 6.45) is 0. The van der Waals surface area contributed by atoms with Crippen LogP contribution in [0.4, 0.5) is 14.5 Å². The molecule has 0 fully saturated rings. The number of nitro benzene ring substituents is 1. The fourth-order valence-electron chi connectivity index (χ4n) is 1.58. The minimum atomic E-state index is -1.15. The molecule has 6 heteroatoms. The topological polar surface area (TPSA) is 55.2 Å². The standard InChI is InChI=1S/C14H20F2N2O2/c1-9(2)14(3,4)8-17-7-10-5-13(18(19)20)12(16)6-11(10)15/h5-6,9,17H,7-8H2,1-4H3. The van der Waals surface area contributed by atoms with E-state index in [4.69, 9.17) is 0 Å². The lowest BCUT2D eigenvalue weighted by Crippen LogP contribution is -2.33. The number of hydrogen-bond acceptors (Lipinski definition) is 3. The van der Waals surface area contributed by atoms with Gasteiger partial charge in [-0.25, -0.2) is 4.39 Å². The summed E-state index contributed by atoms with van der Waals surface area (Å²) in [4.78, 5) is 9.78. The first-order valence-electron chi connectivity index (χ1n) is 6.48. The van der Waals surface area contributed by atoms with Crippen molar-refractivity contribution in [1.29, 1.82) is 0 Å². The van der Waals surface area contributed by atoms with Crippen LogP contribution in [0.25, 0.3) is 0 Å². The monoisotopic (exact) mass is 286 g/mol. The fraction of sp³-hybridized carbons (Fsp3) is 0.571. The molecule has 0 heterocycles. The minimum absolute atomic E-state index is 0.0163. The molecule has 0 aromatic heterocycles. The Morgan fingerprint density at radius 2 is 1.90 bits per heavy atom. The van der Waals surface area contributed by atoms with Crippen LogP contribution in [0.2, 0.25) is 0 Å². The molecule has 0 aliphatic rings. The first-order chi connectivity index (χ1) is 9.15. The van der Waals surface area contributed by atoms with Crippen molar-refractivity contribution in [1.82, 2.24) is 5.32 Å². The van der Waals surface area contributed by atoms with Crippen molar-refractivity contribution in [2.75, 3.05) is 6.54 Å². The molecule has 0 radical (unpaired) electrons. The van der Waals surface area contributed by atoms with Gasteiger partial charge in [-0.15, -0.1) is 0 Å². The third-order valence-electron chi connectivity index (χ3n) is 3.77. The highest BCUT2D eigenvalue weighted by molar-refractivity contribution is 5.37. The number of hydrogen-bond donors (Lipinski definition) is 1. The summed E-state index contributed by atoms with van der Waals surface area (Å²) < 4.78 is 26.8. The number of benzene rings is 1. The van der Waals surface area contributed by atoms with E-state index in [0.717, 1.165) is 6.07 Å². The highest BCUT2D eigenvalue weighted by Crippen LogP contribution is 2.25. The quantitative estimate of drug-likeness (QED) is 0.641. The summed E-state index contributed by atoms with van der Waals surface area (Å²) >= 11 is 0. The molecular weight excluding hydrogens is 266 g/mol. The highest BCUT2D eigenvalue weighted by atomic mass is 19.1. The van der Waals surface area contributed by atoms with E-state index in [1.54, 1.807) is 0 Å². The normalized spacial score (nSPS) is 11.9. The van der Waals surface area contributed by atoms with E-state index >= 15 is 0 Å². The zero-order chi connectivity index (χ0) is 15.5. The Morgan fingerprint density at radius 3 is 2.40 bits per heavy atom. The highest BCUT2D eigenvalue weighted by Gasteiger charge is 2.22. The van der Waals surface area contributed by atoms with E-state index in [1.165, 1.54) is 0 Å². The average Bonchev–Trinajstić information content (AvgIpc) is 2.31. The van der Waals surface area contributed by atoms with Crippen LogP contribution in [-0.4, -0.2) is 11.5 Å². The molecule has 0 spiro atoms. The van der Waals surface area contributed by atoms with Crippen LogP contribution >= 0.6 is 0 Å². The number of halogens is 2. The third kappa shape index (κ3) is 3.96. The summed E-state index contributed by atoms with van der Waals surface area (Å²) in [6, 6.07) is 1.50. The number of rotatable bonds is 6. The van der Waals surface area contributed by atoms with Crippen LogP contribution in [0.3, 0.4) is 0 Å². The van der Waals surface area contributed by atoms with Gasteiger partial charge in [0.25, 0.3) is 0 Å². The number of nitrogens with zero attached hydrogens (tertiary/aromatic N) is 1. The van der Waals surface area contributed by atoms with E-state index in [9.17, 15) is 18.9 Å². The van der Waals surface area contributed by atoms with Gasteiger partial charge in [-0.1, -0.05) is 27.7 Å². The predicted octanol–water partition coefficient (Wildman–Crippen LogP) is 3.64. The average molecular weight is 286 g/mol. The molecule has 0 unspecified atom stereocenters. The fourth-order valence-corrected chi connectivity index (χ4v) is 1.58. The van der Waals surface area contributed by atoms with Crippen LogP contribution in [0.15, 0.2) is 12.1 Å². The minimum Gasteiger partial charge on any atom is -0.312 e. The Kier molecular flexibility index (Phi) is 5.16. The maximum atomic E-state index is 13.6. The van der Waals surface area contributed by atoms with Crippen molar-refractivity contribution in [3.8, 4) is 0 Å². The Hall–Kier alpha value is -1.56. The summed E-state index contributed by atoms with van der Waals surface area (Å²) in [7, 11) is 0. The molecule has 4 nitrogen and oxygen atoms in total. The molecule has 1 N–H and O–H groups in total. The zero-order valence-electron chi connectivity index (χ0n) is 12.2. The zero-order valence-corrected chi connectivity index (χ0v) is 12.2. The Balaban J connectivity index is 2.79. The van der Waals surface area contributed by atoms with Crippen molar-refractivity contribution >= 4 is 5.69 Å². The van der Waals surface area contributed by atoms with E-state index in [-0.39, 0.29) is 17.5 Å². The number of nitrogens with one attached hydrogen (secondary N) is 1. The summed E-state index contributed by atoms with van der Waals surface area (Å²) in [5.41, 5.74) is -0.591. The maximum Gasteiger partial charge on any atom is 0.305 e. The van der Waals surface area contributed by atoms with Crippen molar-refractivity contribution in [2.24, 2.45) is 11.3 Å². The molecule has 1 rings (SSSR count). The van der Waals surface area contributed by atoms with E-state index in [2.05, 4.69) is 33.0 Å². The molecule has 0 atom stereocenters. The molecule has 112 valence electrons. The van der Waals surface area contributed by atoms with Gasteiger partial charge in [-0.3, -0.25) is 10.1 Å².